The molecule has 3 N–H and O–H groups in total. The van der Waals surface area contributed by atoms with Crippen molar-refractivity contribution in [2.24, 2.45) is 0 Å². The van der Waals surface area contributed by atoms with Crippen LogP contribution in [0.5, 0.6) is 0 Å². The number of nitrogens with one attached hydrogen (secondary N) is 1. The van der Waals surface area contributed by atoms with Gasteiger partial charge in [0.1, 0.15) is 24.1 Å². The maximum atomic E-state index is 12.8. The summed E-state index contributed by atoms with van der Waals surface area (Å²) in [5.74, 6) is -0.833. The van der Waals surface area contributed by atoms with Gasteiger partial charge in [0.2, 0.25) is 0 Å². The first-order valence-corrected chi connectivity index (χ1v) is 7.16. The summed E-state index contributed by atoms with van der Waals surface area (Å²) in [7, 11) is 0. The molecule has 134 valence electrons. The lowest BCUT2D eigenvalue weighted by atomic mass is 10.2. The number of nitrogens with zero attached hydrogens (tertiary/aromatic N) is 1. The molecule has 1 heterocycles. The van der Waals surface area contributed by atoms with Gasteiger partial charge >= 0.3 is 12.1 Å². The topological polar surface area (TPSA) is 91.7 Å². The van der Waals surface area contributed by atoms with E-state index >= 15 is 0 Å². The van der Waals surface area contributed by atoms with Crippen molar-refractivity contribution in [3.05, 3.63) is 53.7 Å². The standard InChI is InChI=1S/C16H15F3N2O4/c17-16(18,19)10-3-1-4-11(7-10)21-14-13(5-2-6-20-14)15(24)25-9-12(23)8-22/h1-7,12,22-23H,8-9H2,(H,20,21). The predicted molar refractivity (Wildman–Crippen MR) is 82.3 cm³/mol. The summed E-state index contributed by atoms with van der Waals surface area (Å²) in [6, 6.07) is 7.26. The zero-order valence-corrected chi connectivity index (χ0v) is 12.8. The second-order valence-corrected chi connectivity index (χ2v) is 5.04. The second kappa shape index (κ2) is 7.95. The summed E-state index contributed by atoms with van der Waals surface area (Å²) < 4.78 is 43.1. The Labute approximate surface area is 140 Å². The van der Waals surface area contributed by atoms with E-state index in [4.69, 9.17) is 9.84 Å². The maximum absolute atomic E-state index is 12.8. The fourth-order valence-electron chi connectivity index (χ4n) is 1.88. The van der Waals surface area contributed by atoms with Crippen LogP contribution in [0.15, 0.2) is 42.6 Å². The summed E-state index contributed by atoms with van der Waals surface area (Å²) in [6.07, 6.45) is -4.36. The molecule has 1 aromatic carbocycles. The average molecular weight is 356 g/mol. The summed E-state index contributed by atoms with van der Waals surface area (Å²) in [5.41, 5.74) is -0.772. The first kappa shape index (κ1) is 18.7. The lowest BCUT2D eigenvalue weighted by Gasteiger charge is -2.13. The van der Waals surface area contributed by atoms with Crippen molar-refractivity contribution >= 4 is 17.5 Å². The van der Waals surface area contributed by atoms with Gasteiger partial charge in [0.25, 0.3) is 0 Å². The van der Waals surface area contributed by atoms with Crippen molar-refractivity contribution in [1.29, 1.82) is 0 Å². The molecule has 0 fully saturated rings. The van der Waals surface area contributed by atoms with Gasteiger partial charge < -0.3 is 20.3 Å². The molecule has 0 radical (unpaired) electrons. The van der Waals surface area contributed by atoms with Crippen LogP contribution in [0.3, 0.4) is 0 Å². The number of esters is 1. The molecule has 6 nitrogen and oxygen atoms in total. The molecule has 0 aliphatic rings. The van der Waals surface area contributed by atoms with Crippen LogP contribution in [0.1, 0.15) is 15.9 Å². The zero-order chi connectivity index (χ0) is 18.4. The van der Waals surface area contributed by atoms with Crippen molar-refractivity contribution in [3.8, 4) is 0 Å². The van der Waals surface area contributed by atoms with E-state index in [-0.39, 0.29) is 17.1 Å². The molecular weight excluding hydrogens is 341 g/mol. The number of benzene rings is 1. The molecule has 2 rings (SSSR count). The van der Waals surface area contributed by atoms with Gasteiger partial charge in [-0.1, -0.05) is 6.07 Å². The van der Waals surface area contributed by atoms with Crippen LogP contribution in [0.2, 0.25) is 0 Å². The van der Waals surface area contributed by atoms with E-state index in [0.29, 0.717) is 0 Å². The highest BCUT2D eigenvalue weighted by molar-refractivity contribution is 5.95. The fraction of sp³-hybridized carbons (Fsp3) is 0.250. The Hall–Kier alpha value is -2.65. The predicted octanol–water partition coefficient (Wildman–Crippen LogP) is 2.35. The van der Waals surface area contributed by atoms with Crippen molar-refractivity contribution in [2.75, 3.05) is 18.5 Å². The van der Waals surface area contributed by atoms with Crippen molar-refractivity contribution in [1.82, 2.24) is 4.98 Å². The minimum atomic E-state index is -4.50. The number of rotatable bonds is 6. The molecule has 0 saturated carbocycles. The molecule has 9 heteroatoms. The normalized spacial score (nSPS) is 12.5. The van der Waals surface area contributed by atoms with Crippen LogP contribution in [0, 0.1) is 0 Å². The molecule has 0 amide bonds. The molecule has 1 atom stereocenters. The third-order valence-electron chi connectivity index (χ3n) is 3.10. The van der Waals surface area contributed by atoms with Crippen molar-refractivity contribution in [2.45, 2.75) is 12.3 Å². The summed E-state index contributed by atoms with van der Waals surface area (Å²) in [6.45, 7) is -0.997. The summed E-state index contributed by atoms with van der Waals surface area (Å²) in [5, 5.41) is 20.5. The minimum Gasteiger partial charge on any atom is -0.459 e. The van der Waals surface area contributed by atoms with Crippen LogP contribution in [0.4, 0.5) is 24.7 Å². The van der Waals surface area contributed by atoms with E-state index in [0.717, 1.165) is 12.1 Å². The lowest BCUT2D eigenvalue weighted by Crippen LogP contribution is -2.22. The number of ether oxygens (including phenoxy) is 1. The smallest absolute Gasteiger partial charge is 0.416 e. The Morgan fingerprint density at radius 2 is 2.04 bits per heavy atom. The van der Waals surface area contributed by atoms with Crippen molar-refractivity contribution < 1.29 is 32.9 Å². The lowest BCUT2D eigenvalue weighted by molar-refractivity contribution is -0.137. The van der Waals surface area contributed by atoms with Crippen LogP contribution in [-0.4, -0.2) is 40.5 Å². The zero-order valence-electron chi connectivity index (χ0n) is 12.8. The number of aromatic nitrogens is 1. The van der Waals surface area contributed by atoms with E-state index in [1.54, 1.807) is 0 Å². The highest BCUT2D eigenvalue weighted by Gasteiger charge is 2.30. The molecular formula is C16H15F3N2O4. The highest BCUT2D eigenvalue weighted by Crippen LogP contribution is 2.31. The third kappa shape index (κ3) is 5.16. The van der Waals surface area contributed by atoms with E-state index in [1.165, 1.54) is 30.5 Å². The number of pyridine rings is 1. The molecule has 2 aromatic rings. The van der Waals surface area contributed by atoms with Gasteiger partial charge in [-0.3, -0.25) is 0 Å². The first-order chi connectivity index (χ1) is 11.8. The van der Waals surface area contributed by atoms with Crippen LogP contribution in [-0.2, 0) is 10.9 Å². The summed E-state index contributed by atoms with van der Waals surface area (Å²) >= 11 is 0. The molecule has 0 bridgehead atoms. The van der Waals surface area contributed by atoms with Gasteiger partial charge in [-0.2, -0.15) is 13.2 Å². The average Bonchev–Trinajstić information content (AvgIpc) is 2.59. The van der Waals surface area contributed by atoms with Crippen molar-refractivity contribution in [3.63, 3.8) is 0 Å². The van der Waals surface area contributed by atoms with Gasteiger partial charge in [-0.15, -0.1) is 0 Å². The number of aliphatic hydroxyl groups excluding tert-OH is 2. The number of alkyl halides is 3. The van der Waals surface area contributed by atoms with E-state index in [1.807, 2.05) is 0 Å². The van der Waals surface area contributed by atoms with Crippen LogP contribution < -0.4 is 5.32 Å². The Balaban J connectivity index is 2.20. The van der Waals surface area contributed by atoms with Gasteiger partial charge in [-0.05, 0) is 30.3 Å². The monoisotopic (exact) mass is 356 g/mol. The molecule has 0 saturated heterocycles. The van der Waals surface area contributed by atoms with Gasteiger partial charge in [0.05, 0.1) is 12.2 Å². The minimum absolute atomic E-state index is 0.00492. The van der Waals surface area contributed by atoms with Gasteiger partial charge in [0.15, 0.2) is 0 Å². The molecule has 25 heavy (non-hydrogen) atoms. The maximum Gasteiger partial charge on any atom is 0.416 e. The molecule has 0 spiro atoms. The molecule has 1 unspecified atom stereocenters. The number of aliphatic hydroxyl groups is 2. The fourth-order valence-corrected chi connectivity index (χ4v) is 1.88. The number of hydrogen-bond donors (Lipinski definition) is 3. The number of carbonyl (C=O) groups is 1. The number of anilines is 2. The van der Waals surface area contributed by atoms with E-state index < -0.39 is 37.0 Å². The van der Waals surface area contributed by atoms with E-state index in [2.05, 4.69) is 10.3 Å². The number of halogens is 3. The Kier molecular flexibility index (Phi) is 5.94. The van der Waals surface area contributed by atoms with Gasteiger partial charge in [-0.25, -0.2) is 9.78 Å². The number of hydrogen-bond acceptors (Lipinski definition) is 6. The Morgan fingerprint density at radius 3 is 2.72 bits per heavy atom. The van der Waals surface area contributed by atoms with E-state index in [9.17, 15) is 23.1 Å². The first-order valence-electron chi connectivity index (χ1n) is 7.16. The Bertz CT molecular complexity index is 737. The molecule has 0 aliphatic heterocycles. The SMILES string of the molecule is O=C(OCC(O)CO)c1cccnc1Nc1cccc(C(F)(F)F)c1. The van der Waals surface area contributed by atoms with Gasteiger partial charge in [0, 0.05) is 11.9 Å². The molecule has 0 aliphatic carbocycles. The largest absolute Gasteiger partial charge is 0.459 e. The van der Waals surface area contributed by atoms with Crippen LogP contribution in [0.25, 0.3) is 0 Å². The third-order valence-corrected chi connectivity index (χ3v) is 3.10. The summed E-state index contributed by atoms with van der Waals surface area (Å²) in [4.78, 5) is 16.0. The number of carbonyl (C=O) groups excluding carboxylic acids is 1. The molecule has 1 aromatic heterocycles. The van der Waals surface area contributed by atoms with Crippen LogP contribution >= 0.6 is 0 Å². The Morgan fingerprint density at radius 1 is 1.28 bits per heavy atom. The second-order valence-electron chi connectivity index (χ2n) is 5.04. The quantitative estimate of drug-likeness (QED) is 0.688. The highest BCUT2D eigenvalue weighted by atomic mass is 19.4.